The van der Waals surface area contributed by atoms with E-state index < -0.39 is 5.97 Å². The van der Waals surface area contributed by atoms with E-state index in [-0.39, 0.29) is 6.42 Å². The molecule has 1 N–H and O–H groups in total. The standard InChI is InChI=1S/C11H14O.C9H10O2/c1-2-11(12)9-8-10-6-4-3-5-7-10;10-9(11)7-6-8-4-2-1-3-5-8/h3-7H,2,8-9H2,1H3;1-5H,6-7H2,(H,10,11). The highest BCUT2D eigenvalue weighted by Gasteiger charge is 1.98. The summed E-state index contributed by atoms with van der Waals surface area (Å²) >= 11 is 0. The van der Waals surface area contributed by atoms with Gasteiger partial charge in [0.1, 0.15) is 5.78 Å². The molecule has 0 aliphatic carbocycles. The van der Waals surface area contributed by atoms with Crippen molar-refractivity contribution in [3.05, 3.63) is 71.8 Å². The Labute approximate surface area is 138 Å². The van der Waals surface area contributed by atoms with Crippen LogP contribution in [0.15, 0.2) is 60.7 Å². The third kappa shape index (κ3) is 9.25. The monoisotopic (exact) mass is 312 g/mol. The fourth-order valence-corrected chi connectivity index (χ4v) is 2.00. The van der Waals surface area contributed by atoms with Gasteiger partial charge in [0.05, 0.1) is 0 Å². The van der Waals surface area contributed by atoms with Gasteiger partial charge in [-0.15, -0.1) is 0 Å². The van der Waals surface area contributed by atoms with Crippen molar-refractivity contribution in [1.29, 1.82) is 0 Å². The highest BCUT2D eigenvalue weighted by molar-refractivity contribution is 5.78. The molecule has 2 rings (SSSR count). The molecule has 0 unspecified atom stereocenters. The van der Waals surface area contributed by atoms with Gasteiger partial charge in [-0.05, 0) is 24.0 Å². The maximum atomic E-state index is 11.0. The van der Waals surface area contributed by atoms with Gasteiger partial charge in [-0.2, -0.15) is 0 Å². The lowest BCUT2D eigenvalue weighted by molar-refractivity contribution is -0.137. The first kappa shape index (κ1) is 18.6. The van der Waals surface area contributed by atoms with Crippen LogP contribution < -0.4 is 0 Å². The van der Waals surface area contributed by atoms with E-state index in [1.54, 1.807) is 0 Å². The molecule has 0 saturated carbocycles. The smallest absolute Gasteiger partial charge is 0.303 e. The fraction of sp³-hybridized carbons (Fsp3) is 0.300. The molecule has 0 bridgehead atoms. The third-order valence-corrected chi connectivity index (χ3v) is 3.40. The van der Waals surface area contributed by atoms with Crippen LogP contribution in [0.2, 0.25) is 0 Å². The second-order valence-corrected chi connectivity index (χ2v) is 5.26. The van der Waals surface area contributed by atoms with Gasteiger partial charge >= 0.3 is 5.97 Å². The van der Waals surface area contributed by atoms with E-state index in [1.165, 1.54) is 5.56 Å². The summed E-state index contributed by atoms with van der Waals surface area (Å²) in [6.07, 6.45) is 3.06. The summed E-state index contributed by atoms with van der Waals surface area (Å²) in [5.74, 6) is -0.396. The Morgan fingerprint density at radius 1 is 0.783 bits per heavy atom. The van der Waals surface area contributed by atoms with Crippen molar-refractivity contribution in [3.63, 3.8) is 0 Å². The molecule has 23 heavy (non-hydrogen) atoms. The number of carboxylic acids is 1. The molecule has 0 aromatic heterocycles. The molecule has 0 radical (unpaired) electrons. The SMILES string of the molecule is CCC(=O)CCc1ccccc1.O=C(O)CCc1ccccc1. The van der Waals surface area contributed by atoms with Crippen LogP contribution in [0.3, 0.4) is 0 Å². The number of hydrogen-bond donors (Lipinski definition) is 1. The molecule has 2 aromatic carbocycles. The minimum Gasteiger partial charge on any atom is -0.481 e. The Kier molecular flexibility index (Phi) is 9.06. The van der Waals surface area contributed by atoms with Crippen LogP contribution in [-0.2, 0) is 22.4 Å². The lowest BCUT2D eigenvalue weighted by atomic mass is 10.1. The Bertz CT molecular complexity index is 576. The second kappa shape index (κ2) is 11.2. The molecular weight excluding hydrogens is 288 g/mol. The van der Waals surface area contributed by atoms with Gasteiger partial charge in [0, 0.05) is 19.3 Å². The third-order valence-electron chi connectivity index (χ3n) is 3.40. The van der Waals surface area contributed by atoms with Crippen LogP contribution in [0.5, 0.6) is 0 Å². The van der Waals surface area contributed by atoms with E-state index in [1.807, 2.05) is 55.5 Å². The number of rotatable bonds is 7. The van der Waals surface area contributed by atoms with Gasteiger partial charge in [-0.1, -0.05) is 67.6 Å². The van der Waals surface area contributed by atoms with Crippen LogP contribution in [0.25, 0.3) is 0 Å². The van der Waals surface area contributed by atoms with Crippen LogP contribution in [0.4, 0.5) is 0 Å². The molecule has 0 amide bonds. The highest BCUT2D eigenvalue weighted by atomic mass is 16.4. The Morgan fingerprint density at radius 3 is 1.61 bits per heavy atom. The molecule has 3 heteroatoms. The average Bonchev–Trinajstić information content (AvgIpc) is 2.60. The van der Waals surface area contributed by atoms with Crippen LogP contribution in [-0.4, -0.2) is 16.9 Å². The first-order valence-corrected chi connectivity index (χ1v) is 7.93. The summed E-state index contributed by atoms with van der Waals surface area (Å²) in [4.78, 5) is 21.2. The number of carbonyl (C=O) groups excluding carboxylic acids is 1. The van der Waals surface area contributed by atoms with E-state index in [0.29, 0.717) is 25.0 Å². The Balaban J connectivity index is 0.000000231. The summed E-state index contributed by atoms with van der Waals surface area (Å²) < 4.78 is 0. The van der Waals surface area contributed by atoms with Gasteiger partial charge in [0.2, 0.25) is 0 Å². The van der Waals surface area contributed by atoms with E-state index in [2.05, 4.69) is 12.1 Å². The Morgan fingerprint density at radius 2 is 1.22 bits per heavy atom. The molecule has 0 atom stereocenters. The van der Waals surface area contributed by atoms with Gasteiger partial charge in [-0.25, -0.2) is 0 Å². The first-order valence-electron chi connectivity index (χ1n) is 7.93. The Hall–Kier alpha value is -2.42. The molecule has 0 heterocycles. The van der Waals surface area contributed by atoms with E-state index in [0.717, 1.165) is 12.0 Å². The molecule has 2 aromatic rings. The van der Waals surface area contributed by atoms with Gasteiger partial charge in [-0.3, -0.25) is 9.59 Å². The second-order valence-electron chi connectivity index (χ2n) is 5.26. The van der Waals surface area contributed by atoms with Gasteiger partial charge in [0.15, 0.2) is 0 Å². The molecule has 122 valence electrons. The zero-order chi connectivity index (χ0) is 16.9. The first-order chi connectivity index (χ1) is 11.1. The van der Waals surface area contributed by atoms with Gasteiger partial charge in [0.25, 0.3) is 0 Å². The maximum Gasteiger partial charge on any atom is 0.303 e. The minimum atomic E-state index is -0.742. The highest BCUT2D eigenvalue weighted by Crippen LogP contribution is 2.03. The van der Waals surface area contributed by atoms with E-state index >= 15 is 0 Å². The summed E-state index contributed by atoms with van der Waals surface area (Å²) in [6, 6.07) is 19.7. The van der Waals surface area contributed by atoms with Crippen LogP contribution in [0, 0.1) is 0 Å². The number of hydrogen-bond acceptors (Lipinski definition) is 2. The number of aliphatic carboxylic acids is 1. The number of aryl methyl sites for hydroxylation is 2. The average molecular weight is 312 g/mol. The van der Waals surface area contributed by atoms with E-state index in [4.69, 9.17) is 5.11 Å². The number of benzene rings is 2. The largest absolute Gasteiger partial charge is 0.481 e. The number of carbonyl (C=O) groups is 2. The zero-order valence-electron chi connectivity index (χ0n) is 13.6. The molecular formula is C20H24O3. The normalized spacial score (nSPS) is 9.61. The maximum absolute atomic E-state index is 11.0. The van der Waals surface area contributed by atoms with Crippen molar-refractivity contribution in [3.8, 4) is 0 Å². The predicted molar refractivity (Wildman–Crippen MR) is 92.5 cm³/mol. The lowest BCUT2D eigenvalue weighted by Gasteiger charge is -1.98. The molecule has 3 nitrogen and oxygen atoms in total. The number of Topliss-reactive ketones (excluding diaryl/α,β-unsaturated/α-hetero) is 1. The number of ketones is 1. The summed E-state index contributed by atoms with van der Waals surface area (Å²) in [5, 5.41) is 8.37. The fourth-order valence-electron chi connectivity index (χ4n) is 2.00. The summed E-state index contributed by atoms with van der Waals surface area (Å²) in [7, 11) is 0. The molecule has 0 fully saturated rings. The summed E-state index contributed by atoms with van der Waals surface area (Å²) in [6.45, 7) is 1.91. The quantitative estimate of drug-likeness (QED) is 0.829. The number of carboxylic acid groups (broad SMARTS) is 1. The van der Waals surface area contributed by atoms with Crippen molar-refractivity contribution in [2.45, 2.75) is 39.0 Å². The van der Waals surface area contributed by atoms with Crippen molar-refractivity contribution in [2.75, 3.05) is 0 Å². The van der Waals surface area contributed by atoms with Gasteiger partial charge < -0.3 is 5.11 Å². The topological polar surface area (TPSA) is 54.4 Å². The predicted octanol–water partition coefficient (Wildman–Crippen LogP) is 4.30. The molecule has 0 aliphatic heterocycles. The van der Waals surface area contributed by atoms with Crippen molar-refractivity contribution >= 4 is 11.8 Å². The van der Waals surface area contributed by atoms with Crippen molar-refractivity contribution < 1.29 is 14.7 Å². The minimum absolute atomic E-state index is 0.212. The summed E-state index contributed by atoms with van der Waals surface area (Å²) in [5.41, 5.74) is 2.33. The van der Waals surface area contributed by atoms with Crippen molar-refractivity contribution in [2.24, 2.45) is 0 Å². The zero-order valence-corrected chi connectivity index (χ0v) is 13.6. The van der Waals surface area contributed by atoms with Crippen molar-refractivity contribution in [1.82, 2.24) is 0 Å². The van der Waals surface area contributed by atoms with Crippen LogP contribution in [0.1, 0.15) is 37.3 Å². The molecule has 0 spiro atoms. The molecule has 0 saturated heterocycles. The van der Waals surface area contributed by atoms with Crippen LogP contribution >= 0.6 is 0 Å². The lowest BCUT2D eigenvalue weighted by Crippen LogP contribution is -1.97. The molecule has 0 aliphatic rings. The van der Waals surface area contributed by atoms with E-state index in [9.17, 15) is 9.59 Å².